The Morgan fingerprint density at radius 2 is 0.815 bits per heavy atom. The fraction of sp³-hybridized carbons (Fsp3) is 1.00. The predicted molar refractivity (Wildman–Crippen MR) is 126 cm³/mol. The summed E-state index contributed by atoms with van der Waals surface area (Å²) >= 11 is 0. The first-order valence-corrected chi connectivity index (χ1v) is 12.6. The Labute approximate surface area is 174 Å². The molecule has 0 heterocycles. The first-order valence-electron chi connectivity index (χ1n) is 12.6. The molecule has 1 atom stereocenters. The first-order chi connectivity index (χ1) is 13.0. The van der Waals surface area contributed by atoms with Crippen molar-refractivity contribution in [2.75, 3.05) is 14.1 Å². The van der Waals surface area contributed by atoms with E-state index in [1.165, 1.54) is 116 Å². The Morgan fingerprint density at radius 3 is 1.11 bits per heavy atom. The van der Waals surface area contributed by atoms with Crippen LogP contribution >= 0.6 is 0 Å². The highest BCUT2D eigenvalue weighted by Gasteiger charge is 2.30. The van der Waals surface area contributed by atoms with Crippen molar-refractivity contribution < 1.29 is 0 Å². The molecule has 1 heteroatoms. The summed E-state index contributed by atoms with van der Waals surface area (Å²) in [7, 11) is 4.54. The summed E-state index contributed by atoms with van der Waals surface area (Å²) in [5.41, 5.74) is 0.336. The maximum absolute atomic E-state index is 2.46. The summed E-state index contributed by atoms with van der Waals surface area (Å²) in [5, 5.41) is 0. The molecule has 0 saturated heterocycles. The highest BCUT2D eigenvalue weighted by Crippen LogP contribution is 2.32. The molecule has 0 rings (SSSR count). The lowest BCUT2D eigenvalue weighted by molar-refractivity contribution is 0.0990. The molecule has 1 unspecified atom stereocenters. The van der Waals surface area contributed by atoms with Crippen molar-refractivity contribution in [2.24, 2.45) is 5.92 Å². The molecule has 0 spiro atoms. The quantitative estimate of drug-likeness (QED) is 0.190. The zero-order valence-corrected chi connectivity index (χ0v) is 20.3. The SMILES string of the molecule is CCCCCCCCCCCCC(CCCCCCCC)C(C)(C)N(C)C. The van der Waals surface area contributed by atoms with Gasteiger partial charge in [-0.05, 0) is 46.7 Å². The van der Waals surface area contributed by atoms with Crippen molar-refractivity contribution in [3.63, 3.8) is 0 Å². The third-order valence-electron chi connectivity index (χ3n) is 6.96. The largest absolute Gasteiger partial charge is 0.304 e. The fourth-order valence-corrected chi connectivity index (χ4v) is 4.27. The van der Waals surface area contributed by atoms with E-state index in [9.17, 15) is 0 Å². The van der Waals surface area contributed by atoms with Crippen LogP contribution in [-0.4, -0.2) is 24.5 Å². The first kappa shape index (κ1) is 27.0. The van der Waals surface area contributed by atoms with Crippen LogP contribution in [0.25, 0.3) is 0 Å². The second-order valence-electron chi connectivity index (χ2n) is 9.77. The molecule has 0 aromatic rings. The molecule has 0 aliphatic heterocycles. The van der Waals surface area contributed by atoms with Gasteiger partial charge in [-0.25, -0.2) is 0 Å². The second kappa shape index (κ2) is 18.0. The molecular formula is C26H55N. The summed E-state index contributed by atoms with van der Waals surface area (Å²) in [6, 6.07) is 0. The highest BCUT2D eigenvalue weighted by molar-refractivity contribution is 4.85. The lowest BCUT2D eigenvalue weighted by Crippen LogP contribution is -2.45. The van der Waals surface area contributed by atoms with E-state index in [4.69, 9.17) is 0 Å². The molecule has 0 bridgehead atoms. The standard InChI is InChI=1S/C26H55N/c1-7-9-11-13-15-16-17-18-20-22-24-25(26(3,4)27(5)6)23-21-19-14-12-10-8-2/h25H,7-24H2,1-6H3. The van der Waals surface area contributed by atoms with Crippen LogP contribution < -0.4 is 0 Å². The van der Waals surface area contributed by atoms with Crippen LogP contribution in [0.5, 0.6) is 0 Å². The van der Waals surface area contributed by atoms with Gasteiger partial charge in [-0.3, -0.25) is 0 Å². The monoisotopic (exact) mass is 381 g/mol. The molecule has 0 radical (unpaired) electrons. The highest BCUT2D eigenvalue weighted by atomic mass is 15.1. The minimum absolute atomic E-state index is 0.336. The number of nitrogens with zero attached hydrogens (tertiary/aromatic N) is 1. The summed E-state index contributed by atoms with van der Waals surface area (Å²) in [5.74, 6) is 0.854. The maximum Gasteiger partial charge on any atom is 0.0175 e. The molecule has 0 amide bonds. The summed E-state index contributed by atoms with van der Waals surface area (Å²) < 4.78 is 0. The Bertz CT molecular complexity index is 295. The van der Waals surface area contributed by atoms with Crippen molar-refractivity contribution in [3.05, 3.63) is 0 Å². The van der Waals surface area contributed by atoms with Gasteiger partial charge in [0.1, 0.15) is 0 Å². The molecule has 0 aromatic heterocycles. The minimum Gasteiger partial charge on any atom is -0.304 e. The number of unbranched alkanes of at least 4 members (excludes halogenated alkanes) is 14. The molecule has 27 heavy (non-hydrogen) atoms. The Morgan fingerprint density at radius 1 is 0.519 bits per heavy atom. The van der Waals surface area contributed by atoms with Gasteiger partial charge >= 0.3 is 0 Å². The molecule has 0 N–H and O–H groups in total. The molecule has 164 valence electrons. The van der Waals surface area contributed by atoms with Crippen LogP contribution in [0.1, 0.15) is 143 Å². The fourth-order valence-electron chi connectivity index (χ4n) is 4.27. The van der Waals surface area contributed by atoms with Gasteiger partial charge in [0.15, 0.2) is 0 Å². The van der Waals surface area contributed by atoms with E-state index in [1.54, 1.807) is 0 Å². The normalized spacial score (nSPS) is 13.4. The van der Waals surface area contributed by atoms with E-state index < -0.39 is 0 Å². The van der Waals surface area contributed by atoms with Crippen molar-refractivity contribution in [1.82, 2.24) is 4.90 Å². The summed E-state index contributed by atoms with van der Waals surface area (Å²) in [6.07, 6.45) is 25.9. The van der Waals surface area contributed by atoms with Gasteiger partial charge in [-0.15, -0.1) is 0 Å². The van der Waals surface area contributed by atoms with E-state index >= 15 is 0 Å². The van der Waals surface area contributed by atoms with Gasteiger partial charge in [0.25, 0.3) is 0 Å². The lowest BCUT2D eigenvalue weighted by Gasteiger charge is -2.40. The number of hydrogen-bond donors (Lipinski definition) is 0. The van der Waals surface area contributed by atoms with E-state index in [0.29, 0.717) is 5.54 Å². The molecule has 0 aliphatic rings. The third-order valence-corrected chi connectivity index (χ3v) is 6.96. The van der Waals surface area contributed by atoms with E-state index in [0.717, 1.165) is 5.92 Å². The van der Waals surface area contributed by atoms with E-state index in [-0.39, 0.29) is 0 Å². The van der Waals surface area contributed by atoms with E-state index in [1.807, 2.05) is 0 Å². The lowest BCUT2D eigenvalue weighted by atomic mass is 9.79. The summed E-state index contributed by atoms with van der Waals surface area (Å²) in [4.78, 5) is 2.46. The van der Waals surface area contributed by atoms with Crippen LogP contribution in [0.4, 0.5) is 0 Å². The third kappa shape index (κ3) is 14.6. The zero-order valence-electron chi connectivity index (χ0n) is 20.3. The van der Waals surface area contributed by atoms with Crippen LogP contribution in [-0.2, 0) is 0 Å². The molecular weight excluding hydrogens is 326 g/mol. The van der Waals surface area contributed by atoms with Gasteiger partial charge in [-0.2, -0.15) is 0 Å². The van der Waals surface area contributed by atoms with Gasteiger partial charge < -0.3 is 4.90 Å². The number of hydrogen-bond acceptors (Lipinski definition) is 1. The molecule has 0 aromatic carbocycles. The van der Waals surface area contributed by atoms with Crippen molar-refractivity contribution in [2.45, 2.75) is 149 Å². The van der Waals surface area contributed by atoms with Crippen LogP contribution in [0.2, 0.25) is 0 Å². The molecule has 0 saturated carbocycles. The minimum atomic E-state index is 0.336. The predicted octanol–water partition coefficient (Wildman–Crippen LogP) is 9.00. The van der Waals surface area contributed by atoms with Crippen molar-refractivity contribution in [1.29, 1.82) is 0 Å². The Kier molecular flexibility index (Phi) is 18.0. The van der Waals surface area contributed by atoms with Crippen LogP contribution in [0.15, 0.2) is 0 Å². The van der Waals surface area contributed by atoms with Crippen LogP contribution in [0, 0.1) is 5.92 Å². The Hall–Kier alpha value is -0.0400. The summed E-state index contributed by atoms with van der Waals surface area (Å²) in [6.45, 7) is 9.54. The topological polar surface area (TPSA) is 3.24 Å². The number of rotatable bonds is 20. The molecule has 1 nitrogen and oxygen atoms in total. The smallest absolute Gasteiger partial charge is 0.0175 e. The molecule has 0 fully saturated rings. The average molecular weight is 382 g/mol. The van der Waals surface area contributed by atoms with Crippen molar-refractivity contribution >= 4 is 0 Å². The van der Waals surface area contributed by atoms with Crippen LogP contribution in [0.3, 0.4) is 0 Å². The van der Waals surface area contributed by atoms with Gasteiger partial charge in [0.05, 0.1) is 0 Å². The van der Waals surface area contributed by atoms with Gasteiger partial charge in [0, 0.05) is 5.54 Å². The van der Waals surface area contributed by atoms with Crippen molar-refractivity contribution in [3.8, 4) is 0 Å². The zero-order chi connectivity index (χ0) is 20.4. The molecule has 0 aliphatic carbocycles. The van der Waals surface area contributed by atoms with E-state index in [2.05, 4.69) is 46.7 Å². The van der Waals surface area contributed by atoms with Gasteiger partial charge in [-0.1, -0.05) is 117 Å². The average Bonchev–Trinajstić information content (AvgIpc) is 2.63. The maximum atomic E-state index is 2.46. The Balaban J connectivity index is 3.94. The second-order valence-corrected chi connectivity index (χ2v) is 9.77. The van der Waals surface area contributed by atoms with Gasteiger partial charge in [0.2, 0.25) is 0 Å².